The van der Waals surface area contributed by atoms with Crippen molar-refractivity contribution in [1.29, 1.82) is 0 Å². The lowest BCUT2D eigenvalue weighted by Crippen LogP contribution is -2.69. The summed E-state index contributed by atoms with van der Waals surface area (Å²) >= 11 is 0. The van der Waals surface area contributed by atoms with E-state index in [-0.39, 0.29) is 30.5 Å². The van der Waals surface area contributed by atoms with Crippen molar-refractivity contribution in [3.63, 3.8) is 0 Å². The van der Waals surface area contributed by atoms with Crippen molar-refractivity contribution in [3.8, 4) is 0 Å². The molecular formula is C15H18N2O2. The van der Waals surface area contributed by atoms with Gasteiger partial charge < -0.3 is 15.3 Å². The number of amides is 1. The van der Waals surface area contributed by atoms with Gasteiger partial charge in [0.15, 0.2) is 0 Å². The molecule has 0 unspecified atom stereocenters. The molecule has 1 saturated heterocycles. The van der Waals surface area contributed by atoms with Crippen molar-refractivity contribution in [1.82, 2.24) is 4.90 Å². The molecule has 0 bridgehead atoms. The summed E-state index contributed by atoms with van der Waals surface area (Å²) in [6.45, 7) is 0.866. The minimum Gasteiger partial charge on any atom is -0.394 e. The molecule has 1 amide bonds. The molecule has 4 rings (SSSR count). The van der Waals surface area contributed by atoms with Crippen molar-refractivity contribution in [2.75, 3.05) is 18.5 Å². The number of hydrogen-bond donors (Lipinski definition) is 2. The molecule has 1 saturated carbocycles. The Balaban J connectivity index is 1.66. The predicted octanol–water partition coefficient (Wildman–Crippen LogP) is 1.18. The number of anilines is 1. The summed E-state index contributed by atoms with van der Waals surface area (Å²) in [5, 5.41) is 13.1. The summed E-state index contributed by atoms with van der Waals surface area (Å²) in [5.41, 5.74) is 2.40. The first-order chi connectivity index (χ1) is 9.31. The molecule has 2 aliphatic heterocycles. The summed E-state index contributed by atoms with van der Waals surface area (Å²) in [4.78, 5) is 14.2. The fourth-order valence-electron chi connectivity index (χ4n) is 3.62. The molecule has 3 aliphatic rings. The molecular weight excluding hydrogens is 240 g/mol. The second kappa shape index (κ2) is 3.97. The summed E-state index contributed by atoms with van der Waals surface area (Å²) < 4.78 is 0. The van der Waals surface area contributed by atoms with Gasteiger partial charge in [-0.3, -0.25) is 4.79 Å². The monoisotopic (exact) mass is 258 g/mol. The van der Waals surface area contributed by atoms with Gasteiger partial charge in [0.1, 0.15) is 0 Å². The quantitative estimate of drug-likeness (QED) is 0.837. The molecule has 1 aromatic rings. The van der Waals surface area contributed by atoms with Crippen LogP contribution in [0.1, 0.15) is 24.3 Å². The number of para-hydroxylation sites is 1. The molecule has 2 N–H and O–H groups in total. The van der Waals surface area contributed by atoms with Crippen molar-refractivity contribution < 1.29 is 9.90 Å². The van der Waals surface area contributed by atoms with Crippen LogP contribution in [0.2, 0.25) is 0 Å². The Morgan fingerprint density at radius 2 is 2.16 bits per heavy atom. The molecule has 2 fully saturated rings. The third kappa shape index (κ3) is 1.53. The zero-order valence-corrected chi connectivity index (χ0v) is 10.7. The van der Waals surface area contributed by atoms with E-state index in [2.05, 4.69) is 17.4 Å². The van der Waals surface area contributed by atoms with Crippen LogP contribution in [0.15, 0.2) is 24.3 Å². The number of nitrogens with zero attached hydrogens (tertiary/aromatic N) is 1. The Bertz CT molecular complexity index is 527. The number of likely N-dealkylation sites (tertiary alicyclic amines) is 1. The van der Waals surface area contributed by atoms with Gasteiger partial charge in [-0.25, -0.2) is 0 Å². The smallest absolute Gasteiger partial charge is 0.226 e. The fraction of sp³-hybridized carbons (Fsp3) is 0.533. The molecule has 100 valence electrons. The second-order valence-electron chi connectivity index (χ2n) is 5.83. The fourth-order valence-corrected chi connectivity index (χ4v) is 3.62. The van der Waals surface area contributed by atoms with Gasteiger partial charge in [-0.15, -0.1) is 0 Å². The second-order valence-corrected chi connectivity index (χ2v) is 5.83. The van der Waals surface area contributed by atoms with Gasteiger partial charge >= 0.3 is 0 Å². The number of carbonyl (C=O) groups is 1. The van der Waals surface area contributed by atoms with Crippen LogP contribution in [0.5, 0.6) is 0 Å². The van der Waals surface area contributed by atoms with Crippen molar-refractivity contribution in [2.45, 2.75) is 30.8 Å². The van der Waals surface area contributed by atoms with Gasteiger partial charge in [-0.2, -0.15) is 0 Å². The zero-order chi connectivity index (χ0) is 13.0. The lowest BCUT2D eigenvalue weighted by Gasteiger charge is -2.57. The number of aliphatic hydroxyl groups excluding tert-OH is 1. The molecule has 0 radical (unpaired) electrons. The van der Waals surface area contributed by atoms with Crippen LogP contribution in [0.4, 0.5) is 5.69 Å². The van der Waals surface area contributed by atoms with Crippen LogP contribution in [0.3, 0.4) is 0 Å². The zero-order valence-electron chi connectivity index (χ0n) is 10.7. The lowest BCUT2D eigenvalue weighted by atomic mass is 9.72. The van der Waals surface area contributed by atoms with E-state index >= 15 is 0 Å². The van der Waals surface area contributed by atoms with Crippen molar-refractivity contribution in [3.05, 3.63) is 29.8 Å². The predicted molar refractivity (Wildman–Crippen MR) is 71.9 cm³/mol. The normalized spacial score (nSPS) is 31.8. The maximum absolute atomic E-state index is 12.3. The molecule has 0 aromatic heterocycles. The van der Waals surface area contributed by atoms with Gasteiger partial charge in [0.25, 0.3) is 0 Å². The number of hydrogen-bond acceptors (Lipinski definition) is 3. The van der Waals surface area contributed by atoms with Gasteiger partial charge in [0, 0.05) is 24.1 Å². The molecule has 1 aliphatic carbocycles. The highest BCUT2D eigenvalue weighted by molar-refractivity contribution is 5.83. The Morgan fingerprint density at radius 1 is 1.37 bits per heavy atom. The molecule has 4 nitrogen and oxygen atoms in total. The van der Waals surface area contributed by atoms with Gasteiger partial charge in [-0.1, -0.05) is 18.2 Å². The largest absolute Gasteiger partial charge is 0.394 e. The average molecular weight is 258 g/mol. The third-order valence-electron chi connectivity index (χ3n) is 4.73. The van der Waals surface area contributed by atoms with E-state index in [4.69, 9.17) is 0 Å². The molecule has 2 heterocycles. The van der Waals surface area contributed by atoms with E-state index in [0.29, 0.717) is 5.92 Å². The van der Waals surface area contributed by atoms with Crippen LogP contribution >= 0.6 is 0 Å². The van der Waals surface area contributed by atoms with E-state index in [1.165, 1.54) is 5.56 Å². The first-order valence-corrected chi connectivity index (χ1v) is 7.07. The maximum Gasteiger partial charge on any atom is 0.226 e. The Hall–Kier alpha value is -1.55. The average Bonchev–Trinajstić information content (AvgIpc) is 3.23. The van der Waals surface area contributed by atoms with Gasteiger partial charge in [0.05, 0.1) is 18.7 Å². The number of fused-ring (bicyclic) bond motifs is 3. The Labute approximate surface area is 112 Å². The molecule has 19 heavy (non-hydrogen) atoms. The maximum atomic E-state index is 12.3. The molecule has 4 heteroatoms. The highest BCUT2D eigenvalue weighted by Crippen LogP contribution is 2.48. The van der Waals surface area contributed by atoms with Gasteiger partial charge in [0.2, 0.25) is 5.91 Å². The first kappa shape index (κ1) is 11.3. The summed E-state index contributed by atoms with van der Waals surface area (Å²) in [6.07, 6.45) is 2.05. The molecule has 0 spiro atoms. The van der Waals surface area contributed by atoms with Crippen molar-refractivity contribution in [2.24, 2.45) is 5.92 Å². The van der Waals surface area contributed by atoms with E-state index in [0.717, 1.165) is 25.1 Å². The van der Waals surface area contributed by atoms with Crippen LogP contribution in [0.25, 0.3) is 0 Å². The molecule has 1 aromatic carbocycles. The standard InChI is InChI=1S/C15H18N2O2/c18-8-13-14-10-3-1-2-4-11(10)16-7-12(14)17(13)15(19)9-5-6-9/h1-4,9,12-14,16,18H,5-8H2/t12-,13-,14+/m1/s1. The first-order valence-electron chi connectivity index (χ1n) is 7.07. The van der Waals surface area contributed by atoms with E-state index in [1.54, 1.807) is 0 Å². The summed E-state index contributed by atoms with van der Waals surface area (Å²) in [6, 6.07) is 8.43. The molecule has 3 atom stereocenters. The van der Waals surface area contributed by atoms with Crippen LogP contribution in [-0.2, 0) is 4.79 Å². The van der Waals surface area contributed by atoms with Gasteiger partial charge in [-0.05, 0) is 24.5 Å². The van der Waals surface area contributed by atoms with Crippen molar-refractivity contribution >= 4 is 11.6 Å². The number of benzene rings is 1. The summed E-state index contributed by atoms with van der Waals surface area (Å²) in [7, 11) is 0. The van der Waals surface area contributed by atoms with Crippen LogP contribution in [0, 0.1) is 5.92 Å². The third-order valence-corrected chi connectivity index (χ3v) is 4.73. The van der Waals surface area contributed by atoms with E-state index < -0.39 is 0 Å². The number of carbonyl (C=O) groups excluding carboxylic acids is 1. The lowest BCUT2D eigenvalue weighted by molar-refractivity contribution is -0.151. The highest BCUT2D eigenvalue weighted by atomic mass is 16.3. The highest BCUT2D eigenvalue weighted by Gasteiger charge is 2.55. The van der Waals surface area contributed by atoms with E-state index in [9.17, 15) is 9.90 Å². The topological polar surface area (TPSA) is 52.6 Å². The number of nitrogens with one attached hydrogen (secondary N) is 1. The Morgan fingerprint density at radius 3 is 2.89 bits per heavy atom. The minimum absolute atomic E-state index is 0.0265. The SMILES string of the molecule is O=C(C1CC1)N1[C@H](CO)[C@H]2c3ccccc3NC[C@H]21. The Kier molecular flexibility index (Phi) is 2.36. The van der Waals surface area contributed by atoms with E-state index in [1.807, 2.05) is 17.0 Å². The number of rotatable bonds is 2. The van der Waals surface area contributed by atoms with Crippen LogP contribution < -0.4 is 5.32 Å². The minimum atomic E-state index is -0.0265. The summed E-state index contributed by atoms with van der Waals surface area (Å²) in [5.74, 6) is 0.777. The number of aliphatic hydroxyl groups is 1. The van der Waals surface area contributed by atoms with Crippen LogP contribution in [-0.4, -0.2) is 41.1 Å².